The summed E-state index contributed by atoms with van der Waals surface area (Å²) in [6, 6.07) is 3.48. The highest BCUT2D eigenvalue weighted by atomic mass is 16.4. The van der Waals surface area contributed by atoms with Crippen LogP contribution in [0.5, 0.6) is 0 Å². The topological polar surface area (TPSA) is 80.3 Å². The third-order valence-electron chi connectivity index (χ3n) is 2.61. The minimum absolute atomic E-state index is 0.164. The first-order chi connectivity index (χ1) is 8.66. The van der Waals surface area contributed by atoms with Gasteiger partial charge in [0.05, 0.1) is 19.4 Å². The first kappa shape index (κ1) is 12.4. The van der Waals surface area contributed by atoms with E-state index in [0.29, 0.717) is 12.3 Å². The average Bonchev–Trinajstić information content (AvgIpc) is 2.96. The standard InChI is InChI=1S/C12H15N3O3/c1-9(8-15-5-2-4-14-15)13-7-11-10(12(16)17)3-6-18-11/h2-6,9,13H,7-8H2,1H3,(H,16,17). The number of rotatable bonds is 6. The van der Waals surface area contributed by atoms with E-state index in [0.717, 1.165) is 6.54 Å². The molecule has 0 aliphatic heterocycles. The molecule has 0 saturated carbocycles. The van der Waals surface area contributed by atoms with Crippen molar-refractivity contribution < 1.29 is 14.3 Å². The summed E-state index contributed by atoms with van der Waals surface area (Å²) >= 11 is 0. The van der Waals surface area contributed by atoms with Crippen molar-refractivity contribution >= 4 is 5.97 Å². The second-order valence-electron chi connectivity index (χ2n) is 4.07. The molecule has 1 atom stereocenters. The number of aromatic nitrogens is 2. The molecule has 0 spiro atoms. The van der Waals surface area contributed by atoms with E-state index in [-0.39, 0.29) is 11.6 Å². The van der Waals surface area contributed by atoms with Gasteiger partial charge in [-0.15, -0.1) is 0 Å². The van der Waals surface area contributed by atoms with Crippen LogP contribution in [0.1, 0.15) is 23.0 Å². The van der Waals surface area contributed by atoms with E-state index in [1.807, 2.05) is 23.9 Å². The van der Waals surface area contributed by atoms with Crippen LogP contribution in [0.15, 0.2) is 35.2 Å². The number of aromatic carboxylic acids is 1. The van der Waals surface area contributed by atoms with Gasteiger partial charge < -0.3 is 14.8 Å². The van der Waals surface area contributed by atoms with Crippen molar-refractivity contribution in [2.45, 2.75) is 26.1 Å². The Morgan fingerprint density at radius 3 is 3.17 bits per heavy atom. The number of carboxylic acids is 1. The fourth-order valence-corrected chi connectivity index (χ4v) is 1.69. The third kappa shape index (κ3) is 2.98. The lowest BCUT2D eigenvalue weighted by Gasteiger charge is -2.13. The summed E-state index contributed by atoms with van der Waals surface area (Å²) in [5.41, 5.74) is 0.203. The molecule has 2 aromatic heterocycles. The second-order valence-corrected chi connectivity index (χ2v) is 4.07. The smallest absolute Gasteiger partial charge is 0.339 e. The highest BCUT2D eigenvalue weighted by Gasteiger charge is 2.13. The van der Waals surface area contributed by atoms with Gasteiger partial charge in [0.1, 0.15) is 11.3 Å². The van der Waals surface area contributed by atoms with Crippen LogP contribution < -0.4 is 5.32 Å². The third-order valence-corrected chi connectivity index (χ3v) is 2.61. The largest absolute Gasteiger partial charge is 0.478 e. The Hall–Kier alpha value is -2.08. The zero-order valence-electron chi connectivity index (χ0n) is 10.0. The molecule has 0 aliphatic rings. The van der Waals surface area contributed by atoms with E-state index in [9.17, 15) is 4.79 Å². The molecule has 0 bridgehead atoms. The highest BCUT2D eigenvalue weighted by Crippen LogP contribution is 2.10. The van der Waals surface area contributed by atoms with Crippen molar-refractivity contribution in [3.63, 3.8) is 0 Å². The summed E-state index contributed by atoms with van der Waals surface area (Å²) in [4.78, 5) is 10.9. The van der Waals surface area contributed by atoms with E-state index in [1.54, 1.807) is 6.20 Å². The molecule has 2 heterocycles. The van der Waals surface area contributed by atoms with Crippen LogP contribution in [0, 0.1) is 0 Å². The molecule has 0 aromatic carbocycles. The molecule has 0 saturated heterocycles. The lowest BCUT2D eigenvalue weighted by Crippen LogP contribution is -2.30. The molecule has 2 aromatic rings. The Bertz CT molecular complexity index is 504. The molecular weight excluding hydrogens is 234 g/mol. The van der Waals surface area contributed by atoms with Crippen LogP contribution in [-0.4, -0.2) is 26.9 Å². The van der Waals surface area contributed by atoms with Gasteiger partial charge in [0, 0.05) is 18.4 Å². The van der Waals surface area contributed by atoms with Crippen LogP contribution in [-0.2, 0) is 13.1 Å². The Balaban J connectivity index is 1.87. The Morgan fingerprint density at radius 2 is 2.50 bits per heavy atom. The summed E-state index contributed by atoms with van der Waals surface area (Å²) < 4.78 is 6.96. The summed E-state index contributed by atoms with van der Waals surface area (Å²) in [5.74, 6) is -0.532. The van der Waals surface area contributed by atoms with Gasteiger partial charge in [0.25, 0.3) is 0 Å². The van der Waals surface area contributed by atoms with Gasteiger partial charge in [0.2, 0.25) is 0 Å². The normalized spacial score (nSPS) is 12.5. The number of carboxylic acid groups (broad SMARTS) is 1. The van der Waals surface area contributed by atoms with Crippen molar-refractivity contribution in [1.29, 1.82) is 0 Å². The molecular formula is C12H15N3O3. The number of carbonyl (C=O) groups is 1. The summed E-state index contributed by atoms with van der Waals surface area (Å²) in [7, 11) is 0. The van der Waals surface area contributed by atoms with E-state index in [2.05, 4.69) is 10.4 Å². The SMILES string of the molecule is CC(Cn1cccn1)NCc1occc1C(=O)O. The fourth-order valence-electron chi connectivity index (χ4n) is 1.69. The van der Waals surface area contributed by atoms with E-state index >= 15 is 0 Å². The molecule has 0 aliphatic carbocycles. The van der Waals surface area contributed by atoms with Gasteiger partial charge in [-0.25, -0.2) is 4.79 Å². The summed E-state index contributed by atoms with van der Waals surface area (Å²) in [5, 5.41) is 16.2. The average molecular weight is 249 g/mol. The van der Waals surface area contributed by atoms with Gasteiger partial charge in [-0.05, 0) is 19.1 Å². The van der Waals surface area contributed by atoms with Crippen LogP contribution in [0.25, 0.3) is 0 Å². The molecule has 6 heteroatoms. The van der Waals surface area contributed by atoms with Crippen LogP contribution >= 0.6 is 0 Å². The monoisotopic (exact) mass is 249 g/mol. The van der Waals surface area contributed by atoms with Crippen LogP contribution in [0.3, 0.4) is 0 Å². The predicted octanol–water partition coefficient (Wildman–Crippen LogP) is 1.35. The molecule has 18 heavy (non-hydrogen) atoms. The van der Waals surface area contributed by atoms with Crippen molar-refractivity contribution in [3.05, 3.63) is 42.1 Å². The summed E-state index contributed by atoms with van der Waals surface area (Å²) in [6.07, 6.45) is 4.99. The quantitative estimate of drug-likeness (QED) is 0.807. The Morgan fingerprint density at radius 1 is 1.67 bits per heavy atom. The molecule has 0 radical (unpaired) electrons. The number of nitrogens with zero attached hydrogens (tertiary/aromatic N) is 2. The second kappa shape index (κ2) is 5.50. The molecule has 0 amide bonds. The van der Waals surface area contributed by atoms with Crippen LogP contribution in [0.4, 0.5) is 0 Å². The van der Waals surface area contributed by atoms with Crippen molar-refractivity contribution in [2.75, 3.05) is 0 Å². The maximum Gasteiger partial charge on any atom is 0.339 e. The number of hydrogen-bond donors (Lipinski definition) is 2. The van der Waals surface area contributed by atoms with Crippen molar-refractivity contribution in [3.8, 4) is 0 Å². The Labute approximate surface area is 104 Å². The first-order valence-corrected chi connectivity index (χ1v) is 5.67. The minimum atomic E-state index is -0.972. The van der Waals surface area contributed by atoms with Crippen molar-refractivity contribution in [2.24, 2.45) is 0 Å². The number of nitrogens with one attached hydrogen (secondary N) is 1. The highest BCUT2D eigenvalue weighted by molar-refractivity contribution is 5.88. The molecule has 6 nitrogen and oxygen atoms in total. The van der Waals surface area contributed by atoms with Gasteiger partial charge in [-0.3, -0.25) is 4.68 Å². The van der Waals surface area contributed by atoms with Gasteiger partial charge in [-0.2, -0.15) is 5.10 Å². The lowest BCUT2D eigenvalue weighted by molar-refractivity contribution is 0.0694. The zero-order chi connectivity index (χ0) is 13.0. The molecule has 2 rings (SSSR count). The van der Waals surface area contributed by atoms with E-state index in [4.69, 9.17) is 9.52 Å². The lowest BCUT2D eigenvalue weighted by atomic mass is 10.2. The maximum absolute atomic E-state index is 10.9. The zero-order valence-corrected chi connectivity index (χ0v) is 10.0. The first-order valence-electron chi connectivity index (χ1n) is 5.67. The Kier molecular flexibility index (Phi) is 3.78. The molecule has 2 N–H and O–H groups in total. The minimum Gasteiger partial charge on any atom is -0.478 e. The maximum atomic E-state index is 10.9. The number of hydrogen-bond acceptors (Lipinski definition) is 4. The number of furan rings is 1. The molecule has 96 valence electrons. The van der Waals surface area contributed by atoms with E-state index in [1.165, 1.54) is 12.3 Å². The van der Waals surface area contributed by atoms with Crippen molar-refractivity contribution in [1.82, 2.24) is 15.1 Å². The van der Waals surface area contributed by atoms with Gasteiger partial charge in [-0.1, -0.05) is 0 Å². The summed E-state index contributed by atoms with van der Waals surface area (Å²) in [6.45, 7) is 3.11. The fraction of sp³-hybridized carbons (Fsp3) is 0.333. The van der Waals surface area contributed by atoms with Gasteiger partial charge in [0.15, 0.2) is 0 Å². The van der Waals surface area contributed by atoms with Crippen LogP contribution in [0.2, 0.25) is 0 Å². The van der Waals surface area contributed by atoms with E-state index < -0.39 is 5.97 Å². The molecule has 1 unspecified atom stereocenters. The molecule has 0 fully saturated rings. The van der Waals surface area contributed by atoms with Gasteiger partial charge >= 0.3 is 5.97 Å². The predicted molar refractivity (Wildman–Crippen MR) is 64.2 cm³/mol.